The maximum Gasteiger partial charge on any atom is 0.239 e. The molecule has 5 nitrogen and oxygen atoms in total. The third kappa shape index (κ3) is 3.02. The molecule has 3 N–H and O–H groups in total. The Morgan fingerprint density at radius 3 is 3.00 bits per heavy atom. The topological polar surface area (TPSA) is 67.6 Å². The Balaban J connectivity index is 1.98. The molecular weight excluding hydrogens is 230 g/mol. The minimum atomic E-state index is -0.153. The van der Waals surface area contributed by atoms with Gasteiger partial charge in [0.05, 0.1) is 13.2 Å². The molecule has 2 rings (SSSR count). The lowest BCUT2D eigenvalue weighted by atomic mass is 10.1. The zero-order valence-corrected chi connectivity index (χ0v) is 11.2. The maximum absolute atomic E-state index is 12.2. The van der Waals surface area contributed by atoms with E-state index in [9.17, 15) is 4.79 Å². The number of nitrogens with one attached hydrogen (secondary N) is 1. The summed E-state index contributed by atoms with van der Waals surface area (Å²) >= 11 is 0. The molecule has 1 saturated heterocycles. The third-order valence-corrected chi connectivity index (χ3v) is 3.98. The lowest BCUT2D eigenvalue weighted by Crippen LogP contribution is -2.59. The van der Waals surface area contributed by atoms with Crippen LogP contribution >= 0.6 is 0 Å². The van der Waals surface area contributed by atoms with Crippen LogP contribution in [0.2, 0.25) is 0 Å². The van der Waals surface area contributed by atoms with Crippen molar-refractivity contribution in [2.45, 2.75) is 50.7 Å². The van der Waals surface area contributed by atoms with Gasteiger partial charge >= 0.3 is 0 Å². The van der Waals surface area contributed by atoms with Crippen molar-refractivity contribution in [3.8, 4) is 0 Å². The zero-order valence-electron chi connectivity index (χ0n) is 11.2. The molecule has 104 valence electrons. The van der Waals surface area contributed by atoms with Crippen molar-refractivity contribution in [3.05, 3.63) is 0 Å². The number of rotatable bonds is 4. The molecule has 0 spiro atoms. The zero-order chi connectivity index (χ0) is 13.0. The first kappa shape index (κ1) is 13.8. The molecule has 18 heavy (non-hydrogen) atoms. The van der Waals surface area contributed by atoms with Crippen molar-refractivity contribution in [2.24, 2.45) is 5.73 Å². The summed E-state index contributed by atoms with van der Waals surface area (Å²) in [5.74, 6) is 0.0932. The highest BCUT2D eigenvalue weighted by atomic mass is 16.5. The van der Waals surface area contributed by atoms with Gasteiger partial charge in [0.1, 0.15) is 6.04 Å². The van der Waals surface area contributed by atoms with E-state index in [1.807, 2.05) is 0 Å². The number of carbonyl (C=O) groups excluding carboxylic acids is 1. The minimum absolute atomic E-state index is 0.0932. The summed E-state index contributed by atoms with van der Waals surface area (Å²) in [5.41, 5.74) is 6.16. The molecule has 0 aromatic carbocycles. The highest BCUT2D eigenvalue weighted by Gasteiger charge is 2.38. The standard InChI is InChI=1S/C13H25N3O2/c1-2-6-15-13(17)12-9-18-8-7-16(12)11-5-3-4-10(11)14/h10-12H,2-9,14H2,1H3,(H,15,17). The first-order valence-electron chi connectivity index (χ1n) is 7.10. The summed E-state index contributed by atoms with van der Waals surface area (Å²) in [5, 5.41) is 2.97. The average Bonchev–Trinajstić information content (AvgIpc) is 2.82. The summed E-state index contributed by atoms with van der Waals surface area (Å²) in [6.45, 7) is 4.82. The molecule has 1 aliphatic carbocycles. The van der Waals surface area contributed by atoms with Crippen LogP contribution in [0.25, 0.3) is 0 Å². The molecule has 5 heteroatoms. The number of nitrogens with zero attached hydrogens (tertiary/aromatic N) is 1. The molecule has 3 atom stereocenters. The summed E-state index contributed by atoms with van der Waals surface area (Å²) in [7, 11) is 0. The number of morpholine rings is 1. The number of hydrogen-bond acceptors (Lipinski definition) is 4. The molecule has 2 aliphatic rings. The fourth-order valence-corrected chi connectivity index (χ4v) is 2.99. The first-order chi connectivity index (χ1) is 8.74. The lowest BCUT2D eigenvalue weighted by molar-refractivity contribution is -0.134. The Labute approximate surface area is 109 Å². The molecule has 1 amide bonds. The molecule has 0 aromatic heterocycles. The van der Waals surface area contributed by atoms with Crippen molar-refractivity contribution >= 4 is 5.91 Å². The molecule has 0 aromatic rings. The molecule has 1 aliphatic heterocycles. The van der Waals surface area contributed by atoms with Crippen LogP contribution in [0, 0.1) is 0 Å². The van der Waals surface area contributed by atoms with E-state index in [4.69, 9.17) is 10.5 Å². The second kappa shape index (κ2) is 6.50. The SMILES string of the molecule is CCCNC(=O)C1COCCN1C1CCCC1N. The number of carbonyl (C=O) groups is 1. The third-order valence-electron chi connectivity index (χ3n) is 3.98. The Kier molecular flexibility index (Phi) is 4.97. The van der Waals surface area contributed by atoms with E-state index in [1.165, 1.54) is 6.42 Å². The van der Waals surface area contributed by atoms with E-state index < -0.39 is 0 Å². The van der Waals surface area contributed by atoms with Gasteiger partial charge in [0, 0.05) is 25.2 Å². The second-order valence-electron chi connectivity index (χ2n) is 5.28. The van der Waals surface area contributed by atoms with Gasteiger partial charge in [-0.1, -0.05) is 13.3 Å². The van der Waals surface area contributed by atoms with Crippen LogP contribution in [0.4, 0.5) is 0 Å². The van der Waals surface area contributed by atoms with E-state index >= 15 is 0 Å². The number of hydrogen-bond donors (Lipinski definition) is 2. The average molecular weight is 255 g/mol. The van der Waals surface area contributed by atoms with Crippen molar-refractivity contribution in [2.75, 3.05) is 26.3 Å². The summed E-state index contributed by atoms with van der Waals surface area (Å²) in [4.78, 5) is 14.4. The Bertz CT molecular complexity index is 285. The largest absolute Gasteiger partial charge is 0.378 e. The van der Waals surface area contributed by atoms with Gasteiger partial charge in [-0.05, 0) is 19.3 Å². The summed E-state index contributed by atoms with van der Waals surface area (Å²) in [6, 6.07) is 0.412. The molecule has 1 heterocycles. The predicted octanol–water partition coefficient (Wildman–Crippen LogP) is 0.0932. The maximum atomic E-state index is 12.2. The highest BCUT2D eigenvalue weighted by Crippen LogP contribution is 2.25. The number of ether oxygens (including phenoxy) is 1. The molecule has 0 bridgehead atoms. The van der Waals surface area contributed by atoms with Gasteiger partial charge < -0.3 is 15.8 Å². The van der Waals surface area contributed by atoms with Gasteiger partial charge in [-0.2, -0.15) is 0 Å². The van der Waals surface area contributed by atoms with E-state index in [0.717, 1.165) is 32.4 Å². The molecular formula is C13H25N3O2. The van der Waals surface area contributed by atoms with Gasteiger partial charge in [-0.3, -0.25) is 9.69 Å². The van der Waals surface area contributed by atoms with E-state index in [0.29, 0.717) is 19.3 Å². The first-order valence-corrected chi connectivity index (χ1v) is 7.10. The van der Waals surface area contributed by atoms with Gasteiger partial charge in [-0.15, -0.1) is 0 Å². The number of nitrogens with two attached hydrogens (primary N) is 1. The Morgan fingerprint density at radius 2 is 2.33 bits per heavy atom. The fourth-order valence-electron chi connectivity index (χ4n) is 2.99. The van der Waals surface area contributed by atoms with Crippen LogP contribution in [0.1, 0.15) is 32.6 Å². The fraction of sp³-hybridized carbons (Fsp3) is 0.923. The van der Waals surface area contributed by atoms with Crippen LogP contribution < -0.4 is 11.1 Å². The highest BCUT2D eigenvalue weighted by molar-refractivity contribution is 5.82. The Hall–Kier alpha value is -0.650. The molecule has 2 fully saturated rings. The van der Waals surface area contributed by atoms with E-state index in [-0.39, 0.29) is 18.0 Å². The summed E-state index contributed by atoms with van der Waals surface area (Å²) < 4.78 is 5.46. The smallest absolute Gasteiger partial charge is 0.239 e. The molecule has 0 radical (unpaired) electrons. The molecule has 3 unspecified atom stereocenters. The van der Waals surface area contributed by atoms with Crippen molar-refractivity contribution in [1.29, 1.82) is 0 Å². The number of amides is 1. The van der Waals surface area contributed by atoms with Gasteiger partial charge in [-0.25, -0.2) is 0 Å². The summed E-state index contributed by atoms with van der Waals surface area (Å²) in [6.07, 6.45) is 4.32. The van der Waals surface area contributed by atoms with Crippen LogP contribution in [0.3, 0.4) is 0 Å². The van der Waals surface area contributed by atoms with Crippen LogP contribution in [-0.4, -0.2) is 55.2 Å². The monoisotopic (exact) mass is 255 g/mol. The van der Waals surface area contributed by atoms with Crippen molar-refractivity contribution in [1.82, 2.24) is 10.2 Å². The quantitative estimate of drug-likeness (QED) is 0.747. The van der Waals surface area contributed by atoms with Gasteiger partial charge in [0.2, 0.25) is 5.91 Å². The van der Waals surface area contributed by atoms with Gasteiger partial charge in [0.15, 0.2) is 0 Å². The normalized spacial score (nSPS) is 33.6. The van der Waals surface area contributed by atoms with Crippen LogP contribution in [0.5, 0.6) is 0 Å². The van der Waals surface area contributed by atoms with Crippen LogP contribution in [0.15, 0.2) is 0 Å². The van der Waals surface area contributed by atoms with E-state index in [1.54, 1.807) is 0 Å². The van der Waals surface area contributed by atoms with E-state index in [2.05, 4.69) is 17.1 Å². The minimum Gasteiger partial charge on any atom is -0.378 e. The Morgan fingerprint density at radius 1 is 1.50 bits per heavy atom. The van der Waals surface area contributed by atoms with Crippen molar-refractivity contribution < 1.29 is 9.53 Å². The molecule has 1 saturated carbocycles. The van der Waals surface area contributed by atoms with Crippen molar-refractivity contribution in [3.63, 3.8) is 0 Å². The lowest BCUT2D eigenvalue weighted by Gasteiger charge is -2.40. The van der Waals surface area contributed by atoms with Crippen LogP contribution in [-0.2, 0) is 9.53 Å². The predicted molar refractivity (Wildman–Crippen MR) is 70.2 cm³/mol. The second-order valence-corrected chi connectivity index (χ2v) is 5.28. The van der Waals surface area contributed by atoms with Gasteiger partial charge in [0.25, 0.3) is 0 Å².